The van der Waals surface area contributed by atoms with Crippen molar-refractivity contribution >= 4 is 44.1 Å². The topological polar surface area (TPSA) is 82.6 Å². The summed E-state index contributed by atoms with van der Waals surface area (Å²) in [6.45, 7) is 2.21. The average Bonchev–Trinajstić information content (AvgIpc) is 3.34. The smallest absolute Gasteiger partial charge is 0.264 e. The highest BCUT2D eigenvalue weighted by atomic mass is 35.5. The molecule has 1 N–H and O–H groups in total. The fraction of sp³-hybridized carbons (Fsp3) is 0.154. The zero-order valence-corrected chi connectivity index (χ0v) is 20.6. The first-order valence-electron chi connectivity index (χ1n) is 11.2. The minimum absolute atomic E-state index is 0.0760. The maximum Gasteiger partial charge on any atom is 0.264 e. The third-order valence-electron chi connectivity index (χ3n) is 6.00. The Morgan fingerprint density at radius 3 is 2.58 bits per heavy atom. The molecule has 0 spiro atoms. The zero-order valence-electron chi connectivity index (χ0n) is 19.1. The lowest BCUT2D eigenvalue weighted by molar-refractivity contribution is 0.0763. The number of aromatic nitrogens is 1. The van der Waals surface area contributed by atoms with Crippen molar-refractivity contribution in [3.05, 3.63) is 101 Å². The van der Waals surface area contributed by atoms with Crippen molar-refractivity contribution in [2.75, 3.05) is 24.5 Å². The van der Waals surface area contributed by atoms with Gasteiger partial charge in [-0.3, -0.25) is 19.4 Å². The molecule has 1 aliphatic rings. The molecule has 0 radical (unpaired) electrons. The maximum absolute atomic E-state index is 13.4. The number of pyridine rings is 1. The Bertz CT molecular complexity index is 1540. The van der Waals surface area contributed by atoms with Gasteiger partial charge in [-0.05, 0) is 54.1 Å². The van der Waals surface area contributed by atoms with Crippen molar-refractivity contribution in [2.45, 2.75) is 11.4 Å². The number of hydrogen-bond acceptors (Lipinski definition) is 5. The Morgan fingerprint density at radius 2 is 1.81 bits per heavy atom. The molecule has 5 rings (SSSR count). The number of halogens is 2. The van der Waals surface area contributed by atoms with Gasteiger partial charge >= 0.3 is 0 Å². The second kappa shape index (κ2) is 9.85. The van der Waals surface area contributed by atoms with E-state index in [2.05, 4.69) is 14.6 Å². The third-order valence-corrected chi connectivity index (χ3v) is 7.71. The van der Waals surface area contributed by atoms with Gasteiger partial charge in [0.2, 0.25) is 0 Å². The number of carbonyl (C=O) groups excluding carboxylic acids is 1. The fourth-order valence-electron chi connectivity index (χ4n) is 4.20. The van der Waals surface area contributed by atoms with Crippen LogP contribution in [0.25, 0.3) is 10.9 Å². The van der Waals surface area contributed by atoms with E-state index in [1.165, 1.54) is 12.1 Å². The van der Waals surface area contributed by atoms with Crippen LogP contribution in [0.2, 0.25) is 5.02 Å². The number of benzene rings is 3. The highest BCUT2D eigenvalue weighted by Gasteiger charge is 2.25. The molecule has 1 aromatic heterocycles. The summed E-state index contributed by atoms with van der Waals surface area (Å²) in [5.41, 5.74) is 2.06. The second-order valence-corrected chi connectivity index (χ2v) is 10.6. The molecule has 10 heteroatoms. The average molecular weight is 525 g/mol. The molecule has 0 unspecified atom stereocenters. The van der Waals surface area contributed by atoms with Crippen LogP contribution < -0.4 is 4.72 Å². The van der Waals surface area contributed by atoms with Crippen molar-refractivity contribution < 1.29 is 17.6 Å². The highest BCUT2D eigenvalue weighted by molar-refractivity contribution is 7.93. The van der Waals surface area contributed by atoms with E-state index in [0.717, 1.165) is 10.9 Å². The van der Waals surface area contributed by atoms with Crippen molar-refractivity contribution in [1.29, 1.82) is 0 Å². The monoisotopic (exact) mass is 524 g/mol. The highest BCUT2D eigenvalue weighted by Crippen LogP contribution is 2.24. The summed E-state index contributed by atoms with van der Waals surface area (Å²) in [7, 11) is -3.88. The summed E-state index contributed by atoms with van der Waals surface area (Å²) in [6, 6.07) is 19.5. The van der Waals surface area contributed by atoms with Gasteiger partial charge in [-0.2, -0.15) is 0 Å². The lowest BCUT2D eigenvalue weighted by Gasteiger charge is -2.19. The van der Waals surface area contributed by atoms with Gasteiger partial charge in [0.25, 0.3) is 15.9 Å². The van der Waals surface area contributed by atoms with Crippen LogP contribution in [0.3, 0.4) is 0 Å². The van der Waals surface area contributed by atoms with E-state index in [4.69, 9.17) is 11.6 Å². The summed E-state index contributed by atoms with van der Waals surface area (Å²) >= 11 is 5.87. The molecule has 0 bridgehead atoms. The Kier molecular flexibility index (Phi) is 6.61. The number of amides is 1. The zero-order chi connectivity index (χ0) is 25.3. The quantitative estimate of drug-likeness (QED) is 0.394. The molecule has 3 aromatic carbocycles. The molecular formula is C26H22ClFN4O3S. The molecule has 1 aliphatic heterocycles. The number of fused-ring (bicyclic) bond motifs is 1. The van der Waals surface area contributed by atoms with Crippen LogP contribution in [0.15, 0.2) is 83.9 Å². The Morgan fingerprint density at radius 1 is 1.03 bits per heavy atom. The molecule has 36 heavy (non-hydrogen) atoms. The molecule has 1 fully saturated rings. The third kappa shape index (κ3) is 5.04. The predicted octanol–water partition coefficient (Wildman–Crippen LogP) is 4.74. The van der Waals surface area contributed by atoms with E-state index in [1.807, 2.05) is 0 Å². The van der Waals surface area contributed by atoms with Gasteiger partial charge in [0.1, 0.15) is 10.7 Å². The number of sulfonamides is 1. The lowest BCUT2D eigenvalue weighted by Crippen LogP contribution is -2.31. The Balaban J connectivity index is 1.24. The van der Waals surface area contributed by atoms with Gasteiger partial charge in [0.05, 0.1) is 17.2 Å². The predicted molar refractivity (Wildman–Crippen MR) is 137 cm³/mol. The first-order valence-corrected chi connectivity index (χ1v) is 13.1. The molecule has 4 aromatic rings. The van der Waals surface area contributed by atoms with Gasteiger partial charge in [0.15, 0.2) is 0 Å². The van der Waals surface area contributed by atoms with Gasteiger partial charge < -0.3 is 4.90 Å². The minimum Gasteiger partial charge on any atom is -0.324 e. The number of carbonyl (C=O) groups is 1. The van der Waals surface area contributed by atoms with E-state index in [1.54, 1.807) is 71.8 Å². The molecule has 0 aliphatic carbocycles. The largest absolute Gasteiger partial charge is 0.324 e. The SMILES string of the molecule is O=C(c1ccc(NS(=O)(=O)c2cccc3cccnc23)cc1)N1CCN(Cc2ccc(F)c(Cl)c2)C1. The molecule has 1 amide bonds. The van der Waals surface area contributed by atoms with E-state index in [9.17, 15) is 17.6 Å². The molecule has 0 atom stereocenters. The first kappa shape index (κ1) is 24.2. The van der Waals surface area contributed by atoms with Crippen molar-refractivity contribution in [3.8, 4) is 0 Å². The fourth-order valence-corrected chi connectivity index (χ4v) is 5.64. The van der Waals surface area contributed by atoms with Crippen LogP contribution in [0.4, 0.5) is 10.1 Å². The van der Waals surface area contributed by atoms with Crippen LogP contribution in [0.1, 0.15) is 15.9 Å². The molecule has 0 saturated carbocycles. The number of para-hydroxylation sites is 1. The standard InChI is InChI=1S/C26H22ClFN4O3S/c27-22-15-18(6-11-23(22)28)16-31-13-14-32(17-31)26(33)20-7-9-21(10-8-20)30-36(34,35)24-5-1-3-19-4-2-12-29-25(19)24/h1-12,15,30H,13-14,16-17H2. The van der Waals surface area contributed by atoms with Crippen LogP contribution in [0.5, 0.6) is 0 Å². The summed E-state index contributed by atoms with van der Waals surface area (Å²) in [4.78, 5) is 21.1. The van der Waals surface area contributed by atoms with E-state index in [0.29, 0.717) is 43.1 Å². The van der Waals surface area contributed by atoms with Crippen LogP contribution in [-0.4, -0.2) is 48.9 Å². The Hall–Kier alpha value is -3.53. The number of anilines is 1. The summed E-state index contributed by atoms with van der Waals surface area (Å²) < 4.78 is 42.0. The number of hydrogen-bond donors (Lipinski definition) is 1. The molecule has 7 nitrogen and oxygen atoms in total. The van der Waals surface area contributed by atoms with Crippen LogP contribution in [-0.2, 0) is 16.6 Å². The van der Waals surface area contributed by atoms with Gasteiger partial charge in [-0.15, -0.1) is 0 Å². The van der Waals surface area contributed by atoms with Gasteiger partial charge in [0, 0.05) is 42.5 Å². The van der Waals surface area contributed by atoms with Crippen LogP contribution >= 0.6 is 11.6 Å². The number of nitrogens with one attached hydrogen (secondary N) is 1. The van der Waals surface area contributed by atoms with Crippen molar-refractivity contribution in [3.63, 3.8) is 0 Å². The first-order chi connectivity index (χ1) is 17.3. The van der Waals surface area contributed by atoms with E-state index >= 15 is 0 Å². The second-order valence-electron chi connectivity index (χ2n) is 8.53. The van der Waals surface area contributed by atoms with Gasteiger partial charge in [-0.1, -0.05) is 35.9 Å². The summed E-state index contributed by atoms with van der Waals surface area (Å²) in [6.07, 6.45) is 1.55. The summed E-state index contributed by atoms with van der Waals surface area (Å²) in [5.74, 6) is -0.611. The lowest BCUT2D eigenvalue weighted by atomic mass is 10.2. The minimum atomic E-state index is -3.88. The van der Waals surface area contributed by atoms with E-state index < -0.39 is 15.8 Å². The molecule has 2 heterocycles. The normalized spacial score (nSPS) is 14.3. The van der Waals surface area contributed by atoms with Crippen LogP contribution in [0, 0.1) is 5.82 Å². The summed E-state index contributed by atoms with van der Waals surface area (Å²) in [5, 5.41) is 0.801. The van der Waals surface area contributed by atoms with Crippen molar-refractivity contribution in [2.24, 2.45) is 0 Å². The molecular weight excluding hydrogens is 503 g/mol. The van der Waals surface area contributed by atoms with Crippen molar-refractivity contribution in [1.82, 2.24) is 14.8 Å². The van der Waals surface area contributed by atoms with Gasteiger partial charge in [-0.25, -0.2) is 12.8 Å². The Labute approximate surface area is 213 Å². The number of nitrogens with zero attached hydrogens (tertiary/aromatic N) is 3. The number of rotatable bonds is 6. The molecule has 1 saturated heterocycles. The van der Waals surface area contributed by atoms with E-state index in [-0.39, 0.29) is 15.8 Å². The maximum atomic E-state index is 13.4. The molecule has 184 valence electrons.